The Morgan fingerprint density at radius 3 is 1.74 bits per heavy atom. The Kier molecular flexibility index (Phi) is 5.54. The van der Waals surface area contributed by atoms with Crippen molar-refractivity contribution in [1.82, 2.24) is 4.98 Å². The van der Waals surface area contributed by atoms with Gasteiger partial charge in [-0.15, -0.1) is 0 Å². The largest absolute Gasteiger partial charge is 0.340 e. The van der Waals surface area contributed by atoms with E-state index in [1.807, 2.05) is 18.2 Å². The second kappa shape index (κ2) is 9.28. The molecule has 5 aromatic carbocycles. The fourth-order valence-electron chi connectivity index (χ4n) is 4.55. The third-order valence-electron chi connectivity index (χ3n) is 6.29. The Morgan fingerprint density at radius 1 is 0.429 bits per heavy atom. The molecule has 2 heteroatoms. The number of nitrogens with zero attached hydrogens (tertiary/aromatic N) is 1. The predicted octanol–water partition coefficient (Wildman–Crippen LogP) is 8.98. The molecule has 2 nitrogen and oxygen atoms in total. The smallest absolute Gasteiger partial charge is 0.131 e. The molecule has 0 aliphatic carbocycles. The molecule has 6 rings (SSSR count). The number of rotatable bonds is 5. The van der Waals surface area contributed by atoms with Gasteiger partial charge in [0.25, 0.3) is 0 Å². The maximum Gasteiger partial charge on any atom is 0.131 e. The minimum atomic E-state index is 0.830. The van der Waals surface area contributed by atoms with Crippen molar-refractivity contribution in [3.63, 3.8) is 0 Å². The van der Waals surface area contributed by atoms with Crippen LogP contribution in [0.15, 0.2) is 140 Å². The van der Waals surface area contributed by atoms with Crippen LogP contribution in [0.25, 0.3) is 44.3 Å². The first-order valence-electron chi connectivity index (χ1n) is 11.8. The van der Waals surface area contributed by atoms with E-state index in [0.717, 1.165) is 33.5 Å². The van der Waals surface area contributed by atoms with Crippen molar-refractivity contribution in [3.8, 4) is 33.4 Å². The number of fused-ring (bicyclic) bond motifs is 1. The third-order valence-corrected chi connectivity index (χ3v) is 6.29. The lowest BCUT2D eigenvalue weighted by molar-refractivity contribution is 1.37. The van der Waals surface area contributed by atoms with Crippen LogP contribution in [0, 0.1) is 0 Å². The molecule has 0 saturated carbocycles. The molecule has 0 radical (unpaired) electrons. The zero-order chi connectivity index (χ0) is 23.5. The topological polar surface area (TPSA) is 24.9 Å². The van der Waals surface area contributed by atoms with Gasteiger partial charge in [0, 0.05) is 16.6 Å². The quantitative estimate of drug-likeness (QED) is 0.285. The van der Waals surface area contributed by atoms with E-state index in [1.165, 1.54) is 22.3 Å². The Hall–Kier alpha value is -4.69. The fraction of sp³-hybridized carbons (Fsp3) is 0. The van der Waals surface area contributed by atoms with Crippen LogP contribution in [0.5, 0.6) is 0 Å². The maximum atomic E-state index is 4.93. The van der Waals surface area contributed by atoms with Gasteiger partial charge in [-0.3, -0.25) is 0 Å². The molecule has 1 N–H and O–H groups in total. The molecule has 35 heavy (non-hydrogen) atoms. The van der Waals surface area contributed by atoms with Gasteiger partial charge in [0.15, 0.2) is 0 Å². The van der Waals surface area contributed by atoms with Gasteiger partial charge in [-0.25, -0.2) is 4.98 Å². The highest BCUT2D eigenvalue weighted by molar-refractivity contribution is 5.96. The second-order valence-electron chi connectivity index (χ2n) is 8.55. The van der Waals surface area contributed by atoms with Crippen molar-refractivity contribution in [3.05, 3.63) is 140 Å². The molecule has 0 bridgehead atoms. The van der Waals surface area contributed by atoms with Crippen LogP contribution in [-0.2, 0) is 0 Å². The molecule has 0 aliphatic heterocycles. The van der Waals surface area contributed by atoms with Crippen LogP contribution in [0.2, 0.25) is 0 Å². The van der Waals surface area contributed by atoms with Gasteiger partial charge in [0.2, 0.25) is 0 Å². The summed E-state index contributed by atoms with van der Waals surface area (Å²) in [6.07, 6.45) is 0. The molecule has 0 aliphatic rings. The van der Waals surface area contributed by atoms with Crippen molar-refractivity contribution >= 4 is 22.4 Å². The van der Waals surface area contributed by atoms with Crippen molar-refractivity contribution in [1.29, 1.82) is 0 Å². The summed E-state index contributed by atoms with van der Waals surface area (Å²) in [5.74, 6) is 0.830. The van der Waals surface area contributed by atoms with E-state index in [-0.39, 0.29) is 0 Å². The van der Waals surface area contributed by atoms with Gasteiger partial charge < -0.3 is 5.32 Å². The number of benzene rings is 5. The normalized spacial score (nSPS) is 10.9. The second-order valence-corrected chi connectivity index (χ2v) is 8.55. The van der Waals surface area contributed by atoms with E-state index in [1.54, 1.807) is 0 Å². The van der Waals surface area contributed by atoms with Crippen LogP contribution in [-0.4, -0.2) is 4.98 Å². The number of para-hydroxylation sites is 2. The molecular formula is C33H24N2. The van der Waals surface area contributed by atoms with Crippen molar-refractivity contribution < 1.29 is 0 Å². The number of anilines is 2. The van der Waals surface area contributed by atoms with E-state index < -0.39 is 0 Å². The first-order valence-corrected chi connectivity index (χ1v) is 11.8. The van der Waals surface area contributed by atoms with Crippen molar-refractivity contribution in [2.45, 2.75) is 0 Å². The zero-order valence-electron chi connectivity index (χ0n) is 19.2. The summed E-state index contributed by atoms with van der Waals surface area (Å²) < 4.78 is 0. The average molecular weight is 449 g/mol. The summed E-state index contributed by atoms with van der Waals surface area (Å²) in [4.78, 5) is 4.93. The summed E-state index contributed by atoms with van der Waals surface area (Å²) in [6.45, 7) is 0. The molecule has 6 aromatic rings. The summed E-state index contributed by atoms with van der Waals surface area (Å²) in [7, 11) is 0. The van der Waals surface area contributed by atoms with E-state index in [0.29, 0.717) is 0 Å². The van der Waals surface area contributed by atoms with E-state index >= 15 is 0 Å². The lowest BCUT2D eigenvalue weighted by atomic mass is 9.99. The molecule has 0 saturated heterocycles. The maximum absolute atomic E-state index is 4.93. The fourth-order valence-corrected chi connectivity index (χ4v) is 4.55. The molecule has 1 aromatic heterocycles. The van der Waals surface area contributed by atoms with Gasteiger partial charge in [0.05, 0.1) is 5.52 Å². The minimum absolute atomic E-state index is 0.830. The van der Waals surface area contributed by atoms with Gasteiger partial charge in [-0.1, -0.05) is 121 Å². The van der Waals surface area contributed by atoms with Crippen molar-refractivity contribution in [2.24, 2.45) is 0 Å². The predicted molar refractivity (Wildman–Crippen MR) is 148 cm³/mol. The summed E-state index contributed by atoms with van der Waals surface area (Å²) in [5.41, 5.74) is 9.09. The first-order chi connectivity index (χ1) is 17.3. The highest BCUT2D eigenvalue weighted by Crippen LogP contribution is 2.34. The third kappa shape index (κ3) is 4.30. The van der Waals surface area contributed by atoms with Gasteiger partial charge in [-0.2, -0.15) is 0 Å². The molecule has 0 atom stereocenters. The Morgan fingerprint density at radius 2 is 0.971 bits per heavy atom. The summed E-state index contributed by atoms with van der Waals surface area (Å²) in [5, 5.41) is 4.76. The summed E-state index contributed by atoms with van der Waals surface area (Å²) in [6, 6.07) is 48.6. The zero-order valence-corrected chi connectivity index (χ0v) is 19.2. The minimum Gasteiger partial charge on any atom is -0.340 e. The molecular weight excluding hydrogens is 424 g/mol. The number of aromatic nitrogens is 1. The molecule has 0 spiro atoms. The van der Waals surface area contributed by atoms with E-state index in [2.05, 4.69) is 127 Å². The van der Waals surface area contributed by atoms with Gasteiger partial charge in [0.1, 0.15) is 5.82 Å². The van der Waals surface area contributed by atoms with Crippen molar-refractivity contribution in [2.75, 3.05) is 5.32 Å². The molecule has 0 fully saturated rings. The molecule has 0 unspecified atom stereocenters. The lowest BCUT2D eigenvalue weighted by Crippen LogP contribution is -1.97. The SMILES string of the molecule is c1ccc(-c2ccc(-c3ccccc3Nc3cc(-c4ccccc4)c4ccccc4n3)cc2)cc1. The Bertz CT molecular complexity index is 1590. The number of nitrogens with one attached hydrogen (secondary N) is 1. The monoisotopic (exact) mass is 448 g/mol. The molecule has 1 heterocycles. The van der Waals surface area contributed by atoms with Crippen LogP contribution in [0.4, 0.5) is 11.5 Å². The number of pyridine rings is 1. The number of hydrogen-bond donors (Lipinski definition) is 1. The first kappa shape index (κ1) is 20.9. The molecule has 0 amide bonds. The standard InChI is InChI=1S/C33H24N2/c1-3-11-24(12-4-1)25-19-21-27(22-20-25)28-15-7-9-17-31(28)34-33-23-30(26-13-5-2-6-14-26)29-16-8-10-18-32(29)35-33/h1-23H,(H,34,35). The van der Waals surface area contributed by atoms with Crippen LogP contribution >= 0.6 is 0 Å². The Labute approximate surface area is 205 Å². The average Bonchev–Trinajstić information content (AvgIpc) is 2.94. The highest BCUT2D eigenvalue weighted by Gasteiger charge is 2.11. The van der Waals surface area contributed by atoms with Crippen LogP contribution in [0.1, 0.15) is 0 Å². The van der Waals surface area contributed by atoms with Crippen LogP contribution in [0.3, 0.4) is 0 Å². The van der Waals surface area contributed by atoms with Gasteiger partial charge in [-0.05, 0) is 46.0 Å². The van der Waals surface area contributed by atoms with Gasteiger partial charge >= 0.3 is 0 Å². The van der Waals surface area contributed by atoms with Crippen LogP contribution < -0.4 is 5.32 Å². The van der Waals surface area contributed by atoms with E-state index in [4.69, 9.17) is 4.98 Å². The number of hydrogen-bond acceptors (Lipinski definition) is 2. The lowest BCUT2D eigenvalue weighted by Gasteiger charge is -2.15. The Balaban J connectivity index is 1.39. The summed E-state index contributed by atoms with van der Waals surface area (Å²) >= 11 is 0. The highest BCUT2D eigenvalue weighted by atomic mass is 15.0. The molecule has 166 valence electrons. The van der Waals surface area contributed by atoms with E-state index in [9.17, 15) is 0 Å².